The van der Waals surface area contributed by atoms with Crippen molar-refractivity contribution in [2.24, 2.45) is 5.73 Å². The van der Waals surface area contributed by atoms with E-state index in [-0.39, 0.29) is 108 Å². The Morgan fingerprint density at radius 1 is 0.529 bits per heavy atom. The number of benzene rings is 2. The van der Waals surface area contributed by atoms with E-state index < -0.39 is 110 Å². The van der Waals surface area contributed by atoms with Crippen LogP contribution in [0.1, 0.15) is 139 Å². The Bertz CT molecular complexity index is 3700. The number of piperazine rings is 2. The first-order valence-corrected chi connectivity index (χ1v) is 35.7. The Labute approximate surface area is 600 Å². The fourth-order valence-corrected chi connectivity index (χ4v) is 15.0. The van der Waals surface area contributed by atoms with E-state index in [0.29, 0.717) is 111 Å². The fraction of sp³-hybridized carbons (Fsp3) is 0.493. The summed E-state index contributed by atoms with van der Waals surface area (Å²) in [4.78, 5) is 95.3. The summed E-state index contributed by atoms with van der Waals surface area (Å²) in [6.45, 7) is 7.78. The second-order valence-electron chi connectivity index (χ2n) is 25.5. The lowest BCUT2D eigenvalue weighted by Gasteiger charge is -2.50. The van der Waals surface area contributed by atoms with Crippen molar-refractivity contribution in [1.29, 1.82) is 0 Å². The number of Topliss-reactive ketones (excluding diaryl/α,β-unsaturated/α-hetero) is 1. The number of hydrogen-bond acceptors (Lipinski definition) is 16. The van der Waals surface area contributed by atoms with Crippen molar-refractivity contribution >= 4 is 69.4 Å². The molecule has 10 rings (SSSR count). The van der Waals surface area contributed by atoms with Gasteiger partial charge in [-0.2, -0.15) is 52.7 Å². The quantitative estimate of drug-likeness (QED) is 0.0441. The predicted molar refractivity (Wildman–Crippen MR) is 362 cm³/mol. The molecular weight excluding hydrogens is 1430 g/mol. The fourth-order valence-electron chi connectivity index (χ4n) is 13.7. The molecular formula is C71H79F12N9O10S2. The summed E-state index contributed by atoms with van der Waals surface area (Å²) in [5.41, 5.74) is -0.784. The lowest BCUT2D eigenvalue weighted by Crippen LogP contribution is -2.69. The molecule has 2 N–H and O–H groups in total. The van der Waals surface area contributed by atoms with Gasteiger partial charge in [-0.3, -0.25) is 33.9 Å². The number of ether oxygens (including phenoxy) is 4. The van der Waals surface area contributed by atoms with Gasteiger partial charge < -0.3 is 58.9 Å². The second kappa shape index (κ2) is 33.9. The molecule has 4 aromatic heterocycles. The van der Waals surface area contributed by atoms with E-state index in [1.807, 2.05) is 46.2 Å². The van der Waals surface area contributed by atoms with Crippen molar-refractivity contribution in [1.82, 2.24) is 29.6 Å². The molecule has 4 saturated heterocycles. The van der Waals surface area contributed by atoms with Gasteiger partial charge in [0.15, 0.2) is 0 Å². The maximum atomic E-state index is 14.8. The standard InChI is InChI=1S/C36H40F6N4O5S.C35H39F6N5O5S/c1-3-8-30-34(51-25-21-31(52-23-25)36(40,41)42,13-7-15-46(30)32(48)26-22-43-14-12-27(26)35(37,38)39)33(49)45-18-16-44(17-19-45)28-10-4-5-11-29(28)50-20-6-9-24(2)47;1-2-7-28-33(51-23-20-29(52-22-23)35(39,40)41,12-6-14-46(28)31(48)24-21-43-13-11-25(24)34(36,37)38)32(49)45-17-15-44(16-18-45)26-8-3-4-9-27(26)50-19-5-10-30(42)47/h4-5,10-12,14,21-23,30H,3,6-9,13,15-20H2,1-2H3;3-4,8-9,11,13,20-22,28H,2,5-7,10,12,14-19H2,1H3,(H2,42,47)/t30-,34+;28-,33+/m11/s1. The van der Waals surface area contributed by atoms with Crippen molar-refractivity contribution in [2.75, 3.05) is 88.5 Å². The predicted octanol–water partition coefficient (Wildman–Crippen LogP) is 13.9. The minimum atomic E-state index is -4.87. The van der Waals surface area contributed by atoms with Gasteiger partial charge in [-0.15, -0.1) is 22.7 Å². The van der Waals surface area contributed by atoms with Crippen molar-refractivity contribution in [3.8, 4) is 23.0 Å². The molecule has 564 valence electrons. The molecule has 4 aliphatic rings. The molecule has 0 radical (unpaired) electrons. The highest BCUT2D eigenvalue weighted by atomic mass is 32.1. The molecule has 0 aliphatic carbocycles. The molecule has 0 saturated carbocycles. The number of anilines is 2. The topological polar surface area (TPSA) is 211 Å². The van der Waals surface area contributed by atoms with Crippen LogP contribution in [0, 0.1) is 0 Å². The van der Waals surface area contributed by atoms with Crippen LogP contribution in [0.3, 0.4) is 0 Å². The molecule has 0 bridgehead atoms. The Balaban J connectivity index is 0.000000241. The summed E-state index contributed by atoms with van der Waals surface area (Å²) < 4.78 is 190. The summed E-state index contributed by atoms with van der Waals surface area (Å²) in [6, 6.07) is 15.4. The third-order valence-electron chi connectivity index (χ3n) is 18.4. The highest BCUT2D eigenvalue weighted by Gasteiger charge is 2.58. The number of piperidine rings is 2. The number of pyridine rings is 2. The lowest BCUT2D eigenvalue weighted by molar-refractivity contribution is -0.160. The normalized spacial score (nSPS) is 19.8. The SMILES string of the molecule is CCC[C@H]1N(C(=O)c2cnccc2C(F)(F)F)CCC[C@@]1(Oc1csc(C(F)(F)F)c1)C(=O)N1CCN(c2ccccc2OCCCC(C)=O)CC1.CCC[C@H]1N(C(=O)c2cnccc2C(F)(F)F)CCC[C@@]1(Oc1csc(C(F)(F)F)c1)C(=O)N1CCN(c2ccccc2OCCCC(N)=O)CC1. The first kappa shape index (κ1) is 79.2. The van der Waals surface area contributed by atoms with Gasteiger partial charge >= 0.3 is 24.7 Å². The van der Waals surface area contributed by atoms with Crippen LogP contribution in [-0.2, 0) is 43.9 Å². The summed E-state index contributed by atoms with van der Waals surface area (Å²) >= 11 is 0.790. The third-order valence-corrected chi connectivity index (χ3v) is 20.3. The number of thiophene rings is 2. The average molecular weight is 1510 g/mol. The van der Waals surface area contributed by atoms with Crippen LogP contribution in [0.5, 0.6) is 23.0 Å². The first-order chi connectivity index (χ1) is 49.3. The van der Waals surface area contributed by atoms with E-state index in [2.05, 4.69) is 9.97 Å². The summed E-state index contributed by atoms with van der Waals surface area (Å²) in [7, 11) is 0. The Morgan fingerprint density at radius 3 is 1.26 bits per heavy atom. The van der Waals surface area contributed by atoms with Gasteiger partial charge in [-0.05, 0) is 81.8 Å². The van der Waals surface area contributed by atoms with Crippen LogP contribution in [0.4, 0.5) is 64.1 Å². The summed E-state index contributed by atoms with van der Waals surface area (Å²) in [5, 5.41) is 2.29. The van der Waals surface area contributed by atoms with E-state index in [1.165, 1.54) is 21.6 Å². The van der Waals surface area contributed by atoms with E-state index in [1.54, 1.807) is 30.9 Å². The molecule has 0 spiro atoms. The molecule has 4 fully saturated rings. The van der Waals surface area contributed by atoms with Gasteiger partial charge in [0.2, 0.25) is 17.1 Å². The number of nitrogens with zero attached hydrogens (tertiary/aromatic N) is 8. The van der Waals surface area contributed by atoms with Gasteiger partial charge in [0.1, 0.15) is 38.5 Å². The number of primary amides is 1. The number of carbonyl (C=O) groups excluding carboxylic acids is 6. The molecule has 4 atom stereocenters. The van der Waals surface area contributed by atoms with Crippen LogP contribution in [0.25, 0.3) is 0 Å². The number of nitrogens with two attached hydrogens (primary N) is 1. The number of aromatic nitrogens is 2. The molecule has 4 aliphatic heterocycles. The Kier molecular flexibility index (Phi) is 25.8. The number of hydrogen-bond donors (Lipinski definition) is 1. The summed E-state index contributed by atoms with van der Waals surface area (Å²) in [5.74, 6) is -2.75. The minimum Gasteiger partial charge on any atom is -0.491 e. The Hall–Kier alpha value is -8.88. The maximum absolute atomic E-state index is 14.8. The van der Waals surface area contributed by atoms with Crippen LogP contribution < -0.4 is 34.5 Å². The van der Waals surface area contributed by atoms with Gasteiger partial charge in [0.25, 0.3) is 23.6 Å². The highest BCUT2D eigenvalue weighted by molar-refractivity contribution is 7.10. The number of carbonyl (C=O) groups is 6. The molecule has 2 aromatic carbocycles. The van der Waals surface area contributed by atoms with Crippen LogP contribution in [-0.4, -0.2) is 167 Å². The minimum absolute atomic E-state index is 0.00248. The summed E-state index contributed by atoms with van der Waals surface area (Å²) in [6.07, 6.45) is -12.7. The van der Waals surface area contributed by atoms with Gasteiger partial charge in [-0.1, -0.05) is 51.0 Å². The van der Waals surface area contributed by atoms with Crippen molar-refractivity contribution < 1.29 is 100 Å². The number of alkyl halides is 12. The van der Waals surface area contributed by atoms with Gasteiger partial charge in [0, 0.05) is 139 Å². The number of amides is 5. The van der Waals surface area contributed by atoms with E-state index in [9.17, 15) is 81.5 Å². The van der Waals surface area contributed by atoms with Crippen LogP contribution in [0.15, 0.2) is 108 Å². The molecule has 0 unspecified atom stereocenters. The monoisotopic (exact) mass is 1510 g/mol. The lowest BCUT2D eigenvalue weighted by atomic mass is 9.79. The number of halogens is 12. The average Bonchev–Trinajstić information content (AvgIpc) is 0.975. The van der Waals surface area contributed by atoms with Crippen molar-refractivity contribution in [3.63, 3.8) is 0 Å². The van der Waals surface area contributed by atoms with Crippen molar-refractivity contribution in [3.05, 3.63) is 140 Å². The number of ketones is 1. The third kappa shape index (κ3) is 18.8. The van der Waals surface area contributed by atoms with Crippen LogP contribution >= 0.6 is 22.7 Å². The molecule has 8 heterocycles. The molecule has 19 nitrogen and oxygen atoms in total. The smallest absolute Gasteiger partial charge is 0.425 e. The van der Waals surface area contributed by atoms with Gasteiger partial charge in [-0.25, -0.2) is 0 Å². The van der Waals surface area contributed by atoms with E-state index >= 15 is 0 Å². The largest absolute Gasteiger partial charge is 0.491 e. The van der Waals surface area contributed by atoms with Gasteiger partial charge in [0.05, 0.1) is 58.9 Å². The molecule has 33 heteroatoms. The molecule has 6 aromatic rings. The first-order valence-electron chi connectivity index (χ1n) is 33.9. The van der Waals surface area contributed by atoms with Crippen LogP contribution in [0.2, 0.25) is 0 Å². The molecule has 5 amide bonds. The van der Waals surface area contributed by atoms with E-state index in [4.69, 9.17) is 24.7 Å². The zero-order valence-corrected chi connectivity index (χ0v) is 58.7. The molecule has 104 heavy (non-hydrogen) atoms. The number of para-hydroxylation sites is 4. The van der Waals surface area contributed by atoms with Crippen molar-refractivity contribution in [2.45, 2.75) is 146 Å². The zero-order valence-electron chi connectivity index (χ0n) is 57.1. The number of likely N-dealkylation sites (tertiary alicyclic amines) is 2. The highest BCUT2D eigenvalue weighted by Crippen LogP contribution is 2.46. The second-order valence-corrected chi connectivity index (χ2v) is 27.3. The van der Waals surface area contributed by atoms with E-state index in [0.717, 1.165) is 59.1 Å². The zero-order chi connectivity index (χ0) is 75.4. The Morgan fingerprint density at radius 2 is 0.913 bits per heavy atom. The number of rotatable bonds is 24. The maximum Gasteiger partial charge on any atom is 0.425 e.